The Kier molecular flexibility index (Phi) is 3.61. The average Bonchev–Trinajstić information content (AvgIpc) is 2.37. The molecule has 2 rings (SSSR count). The van der Waals surface area contributed by atoms with E-state index in [1.54, 1.807) is 6.07 Å². The first-order valence-electron chi connectivity index (χ1n) is 5.90. The van der Waals surface area contributed by atoms with Gasteiger partial charge < -0.3 is 16.6 Å². The normalized spacial score (nSPS) is 12.8. The van der Waals surface area contributed by atoms with Gasteiger partial charge in [-0.15, -0.1) is 0 Å². The van der Waals surface area contributed by atoms with Crippen LogP contribution in [-0.4, -0.2) is 11.7 Å². The number of aromatic hydroxyl groups is 1. The molecular weight excluding hydrogens is 212 g/mol. The minimum absolute atomic E-state index is 0.0240. The minimum Gasteiger partial charge on any atom is -0.507 e. The maximum atomic E-state index is 9.79. The van der Waals surface area contributed by atoms with Crippen molar-refractivity contribution < 1.29 is 5.11 Å². The second-order valence-corrected chi connectivity index (χ2v) is 4.26. The summed E-state index contributed by atoms with van der Waals surface area (Å²) in [6, 6.07) is 11.4. The van der Waals surface area contributed by atoms with Crippen LogP contribution in [0.5, 0.6) is 5.75 Å². The Bertz CT molecular complexity index is 511. The molecule has 1 atom stereocenters. The van der Waals surface area contributed by atoms with Crippen molar-refractivity contribution in [3.63, 3.8) is 0 Å². The topological polar surface area (TPSA) is 72.3 Å². The van der Waals surface area contributed by atoms with Crippen molar-refractivity contribution in [1.29, 1.82) is 0 Å². The molecule has 0 aromatic heterocycles. The van der Waals surface area contributed by atoms with E-state index >= 15 is 0 Å². The van der Waals surface area contributed by atoms with E-state index in [9.17, 15) is 5.11 Å². The molecule has 0 aliphatic rings. The summed E-state index contributed by atoms with van der Waals surface area (Å²) in [6.07, 6.45) is 1.78. The Hall–Kier alpha value is -1.58. The van der Waals surface area contributed by atoms with E-state index < -0.39 is 0 Å². The lowest BCUT2D eigenvalue weighted by Gasteiger charge is -2.15. The van der Waals surface area contributed by atoms with Gasteiger partial charge in [-0.25, -0.2) is 0 Å². The van der Waals surface area contributed by atoms with Crippen molar-refractivity contribution in [3.05, 3.63) is 42.0 Å². The summed E-state index contributed by atoms with van der Waals surface area (Å²) in [5.74, 6) is 0.301. The van der Waals surface area contributed by atoms with Crippen molar-refractivity contribution >= 4 is 10.8 Å². The number of hydrogen-bond donors (Lipinski definition) is 3. The number of hydrogen-bond acceptors (Lipinski definition) is 3. The fourth-order valence-electron chi connectivity index (χ4n) is 2.12. The molecule has 5 N–H and O–H groups in total. The summed E-state index contributed by atoms with van der Waals surface area (Å²) in [6.45, 7) is 0.656. The highest BCUT2D eigenvalue weighted by Gasteiger charge is 2.11. The number of fused-ring (bicyclic) bond motifs is 1. The van der Waals surface area contributed by atoms with E-state index in [0.717, 1.165) is 29.2 Å². The first kappa shape index (κ1) is 11.9. The molecule has 0 heterocycles. The van der Waals surface area contributed by atoms with E-state index in [1.807, 2.05) is 30.3 Å². The first-order chi connectivity index (χ1) is 8.24. The fraction of sp³-hybridized carbons (Fsp3) is 0.286. The Balaban J connectivity index is 2.44. The van der Waals surface area contributed by atoms with Gasteiger partial charge in [0.1, 0.15) is 5.75 Å². The van der Waals surface area contributed by atoms with E-state index in [4.69, 9.17) is 11.5 Å². The maximum absolute atomic E-state index is 9.79. The van der Waals surface area contributed by atoms with E-state index in [-0.39, 0.29) is 6.04 Å². The quantitative estimate of drug-likeness (QED) is 0.754. The Morgan fingerprint density at radius 1 is 1.06 bits per heavy atom. The van der Waals surface area contributed by atoms with Crippen LogP contribution in [0.3, 0.4) is 0 Å². The summed E-state index contributed by atoms with van der Waals surface area (Å²) in [5, 5.41) is 11.7. The van der Waals surface area contributed by atoms with Gasteiger partial charge in [0, 0.05) is 11.4 Å². The molecule has 2 aromatic carbocycles. The molecule has 0 saturated heterocycles. The molecule has 90 valence electrons. The number of rotatable bonds is 4. The molecule has 0 aliphatic carbocycles. The monoisotopic (exact) mass is 230 g/mol. The smallest absolute Gasteiger partial charge is 0.123 e. The highest BCUT2D eigenvalue weighted by molar-refractivity contribution is 5.91. The van der Waals surface area contributed by atoms with Crippen LogP contribution in [0.4, 0.5) is 0 Å². The van der Waals surface area contributed by atoms with Crippen LogP contribution in [0.15, 0.2) is 36.4 Å². The third-order valence-corrected chi connectivity index (χ3v) is 3.05. The SMILES string of the molecule is NCCC[C@H](N)c1ccc(O)c2ccccc12. The van der Waals surface area contributed by atoms with Gasteiger partial charge in [-0.3, -0.25) is 0 Å². The van der Waals surface area contributed by atoms with E-state index in [0.29, 0.717) is 12.3 Å². The molecule has 0 unspecified atom stereocenters. The Morgan fingerprint density at radius 2 is 1.76 bits per heavy atom. The third kappa shape index (κ3) is 2.40. The second-order valence-electron chi connectivity index (χ2n) is 4.26. The number of benzene rings is 2. The molecule has 0 bridgehead atoms. The van der Waals surface area contributed by atoms with Gasteiger partial charge in [0.05, 0.1) is 0 Å². The molecule has 2 aromatic rings. The molecule has 0 radical (unpaired) electrons. The lowest BCUT2D eigenvalue weighted by molar-refractivity contribution is 0.481. The summed E-state index contributed by atoms with van der Waals surface area (Å²) in [7, 11) is 0. The maximum Gasteiger partial charge on any atom is 0.123 e. The van der Waals surface area contributed by atoms with Crippen LogP contribution in [-0.2, 0) is 0 Å². The minimum atomic E-state index is -0.0240. The van der Waals surface area contributed by atoms with Crippen LogP contribution in [0.2, 0.25) is 0 Å². The van der Waals surface area contributed by atoms with Crippen molar-refractivity contribution in [2.75, 3.05) is 6.54 Å². The highest BCUT2D eigenvalue weighted by atomic mass is 16.3. The van der Waals surface area contributed by atoms with Crippen LogP contribution in [0.25, 0.3) is 10.8 Å². The largest absolute Gasteiger partial charge is 0.507 e. The van der Waals surface area contributed by atoms with E-state index in [1.165, 1.54) is 0 Å². The summed E-state index contributed by atoms with van der Waals surface area (Å²) >= 11 is 0. The zero-order valence-electron chi connectivity index (χ0n) is 9.76. The molecule has 3 heteroatoms. The van der Waals surface area contributed by atoms with Crippen molar-refractivity contribution in [1.82, 2.24) is 0 Å². The number of nitrogens with two attached hydrogens (primary N) is 2. The summed E-state index contributed by atoms with van der Waals surface area (Å²) in [4.78, 5) is 0. The van der Waals surface area contributed by atoms with Crippen molar-refractivity contribution in [2.24, 2.45) is 11.5 Å². The van der Waals surface area contributed by atoms with Gasteiger partial charge in [0.25, 0.3) is 0 Å². The number of phenolic OH excluding ortho intramolecular Hbond substituents is 1. The third-order valence-electron chi connectivity index (χ3n) is 3.05. The molecule has 0 amide bonds. The second kappa shape index (κ2) is 5.17. The van der Waals surface area contributed by atoms with Crippen LogP contribution < -0.4 is 11.5 Å². The fourth-order valence-corrected chi connectivity index (χ4v) is 2.12. The van der Waals surface area contributed by atoms with Gasteiger partial charge in [-0.05, 0) is 36.4 Å². The van der Waals surface area contributed by atoms with Gasteiger partial charge in [0.15, 0.2) is 0 Å². The Labute approximate surface area is 101 Å². The van der Waals surface area contributed by atoms with Crippen molar-refractivity contribution in [2.45, 2.75) is 18.9 Å². The lowest BCUT2D eigenvalue weighted by Crippen LogP contribution is -2.12. The van der Waals surface area contributed by atoms with Crippen LogP contribution in [0.1, 0.15) is 24.4 Å². The molecule has 0 aliphatic heterocycles. The van der Waals surface area contributed by atoms with Crippen LogP contribution >= 0.6 is 0 Å². The van der Waals surface area contributed by atoms with Crippen LogP contribution in [0, 0.1) is 0 Å². The van der Waals surface area contributed by atoms with Gasteiger partial charge in [-0.2, -0.15) is 0 Å². The van der Waals surface area contributed by atoms with Gasteiger partial charge in [0.2, 0.25) is 0 Å². The molecule has 0 spiro atoms. The Morgan fingerprint density at radius 3 is 2.47 bits per heavy atom. The average molecular weight is 230 g/mol. The van der Waals surface area contributed by atoms with Gasteiger partial charge in [-0.1, -0.05) is 30.3 Å². The molecular formula is C14H18N2O. The van der Waals surface area contributed by atoms with Gasteiger partial charge >= 0.3 is 0 Å². The van der Waals surface area contributed by atoms with E-state index in [2.05, 4.69) is 0 Å². The summed E-state index contributed by atoms with van der Waals surface area (Å²) in [5.41, 5.74) is 12.7. The zero-order valence-corrected chi connectivity index (χ0v) is 9.76. The summed E-state index contributed by atoms with van der Waals surface area (Å²) < 4.78 is 0. The molecule has 0 fully saturated rings. The lowest BCUT2D eigenvalue weighted by atomic mass is 9.96. The first-order valence-corrected chi connectivity index (χ1v) is 5.90. The molecule has 17 heavy (non-hydrogen) atoms. The van der Waals surface area contributed by atoms with Crippen molar-refractivity contribution in [3.8, 4) is 5.75 Å². The predicted octanol–water partition coefficient (Wildman–Crippen LogP) is 2.28. The standard InChI is InChI=1S/C14H18N2O/c15-9-3-6-13(16)11-7-8-14(17)12-5-2-1-4-10(11)12/h1-2,4-5,7-8,13,17H,3,6,9,15-16H2/t13-/m0/s1. The highest BCUT2D eigenvalue weighted by Crippen LogP contribution is 2.31. The molecule has 0 saturated carbocycles. The number of phenols is 1. The predicted molar refractivity (Wildman–Crippen MR) is 70.8 cm³/mol. The molecule has 3 nitrogen and oxygen atoms in total. The zero-order chi connectivity index (χ0) is 12.3.